The van der Waals surface area contributed by atoms with E-state index in [9.17, 15) is 4.79 Å². The maximum Gasteiger partial charge on any atom is 0.309 e. The number of aliphatic carboxylic acids is 1. The lowest BCUT2D eigenvalue weighted by molar-refractivity contribution is -0.136. The highest BCUT2D eigenvalue weighted by molar-refractivity contribution is 9.10. The van der Waals surface area contributed by atoms with Crippen LogP contribution in [0.2, 0.25) is 0 Å². The van der Waals surface area contributed by atoms with Crippen molar-refractivity contribution in [1.82, 2.24) is 9.55 Å². The van der Waals surface area contributed by atoms with E-state index in [1.165, 1.54) is 0 Å². The van der Waals surface area contributed by atoms with Crippen LogP contribution in [0.3, 0.4) is 0 Å². The van der Waals surface area contributed by atoms with E-state index in [1.54, 1.807) is 0 Å². The van der Waals surface area contributed by atoms with Gasteiger partial charge >= 0.3 is 5.97 Å². The molecule has 1 aromatic rings. The summed E-state index contributed by atoms with van der Waals surface area (Å²) in [7, 11) is 0. The fraction of sp³-hybridized carbons (Fsp3) is 0.600. The van der Waals surface area contributed by atoms with Crippen LogP contribution in [0, 0.1) is 0 Å². The maximum atomic E-state index is 10.6. The first-order chi connectivity index (χ1) is 7.09. The molecule has 1 aliphatic heterocycles. The first-order valence-electron chi connectivity index (χ1n) is 5.06. The summed E-state index contributed by atoms with van der Waals surface area (Å²) in [4.78, 5) is 15.1. The smallest absolute Gasteiger partial charge is 0.309 e. The average molecular weight is 273 g/mol. The van der Waals surface area contributed by atoms with Crippen molar-refractivity contribution in [1.29, 1.82) is 0 Å². The van der Waals surface area contributed by atoms with Crippen LogP contribution in [-0.2, 0) is 17.8 Å². The molecule has 0 spiro atoms. The second-order valence-electron chi connectivity index (χ2n) is 3.97. The summed E-state index contributed by atoms with van der Waals surface area (Å²) in [6, 6.07) is 0. The quantitative estimate of drug-likeness (QED) is 0.898. The second-order valence-corrected chi connectivity index (χ2v) is 4.72. The number of nitrogens with zero attached hydrogens (tertiary/aromatic N) is 2. The van der Waals surface area contributed by atoms with Crippen molar-refractivity contribution in [3.8, 4) is 0 Å². The normalized spacial score (nSPS) is 20.0. The van der Waals surface area contributed by atoms with Crippen LogP contribution in [0.15, 0.2) is 4.60 Å². The van der Waals surface area contributed by atoms with Gasteiger partial charge in [-0.05, 0) is 28.8 Å². The molecule has 1 unspecified atom stereocenters. The van der Waals surface area contributed by atoms with E-state index in [1.807, 2.05) is 0 Å². The largest absolute Gasteiger partial charge is 0.481 e. The van der Waals surface area contributed by atoms with Crippen LogP contribution in [0.25, 0.3) is 0 Å². The third-order valence-corrected chi connectivity index (χ3v) is 3.67. The summed E-state index contributed by atoms with van der Waals surface area (Å²) >= 11 is 3.43. The molecule has 0 radical (unpaired) electrons. The van der Waals surface area contributed by atoms with Crippen LogP contribution in [-0.4, -0.2) is 20.6 Å². The molecule has 0 fully saturated rings. The standard InChI is InChI=1S/C10H13BrN2O2/c1-6-3-2-4-13-9(11)7(5-8(14)15)12-10(6)13/h6H,2-5H2,1H3,(H,14,15). The van der Waals surface area contributed by atoms with Gasteiger partial charge in [-0.1, -0.05) is 6.92 Å². The fourth-order valence-corrected chi connectivity index (χ4v) is 2.62. The van der Waals surface area contributed by atoms with E-state index >= 15 is 0 Å². The van der Waals surface area contributed by atoms with Crippen molar-refractivity contribution >= 4 is 21.9 Å². The molecular weight excluding hydrogens is 260 g/mol. The Morgan fingerprint density at radius 3 is 3.07 bits per heavy atom. The number of rotatable bonds is 2. The highest BCUT2D eigenvalue weighted by Crippen LogP contribution is 2.31. The zero-order valence-electron chi connectivity index (χ0n) is 8.53. The minimum atomic E-state index is -0.834. The molecule has 15 heavy (non-hydrogen) atoms. The number of hydrogen-bond donors (Lipinski definition) is 1. The first kappa shape index (κ1) is 10.7. The summed E-state index contributed by atoms with van der Waals surface area (Å²) in [5.74, 6) is 0.612. The molecule has 1 atom stereocenters. The molecule has 0 aromatic carbocycles. The Morgan fingerprint density at radius 2 is 2.47 bits per heavy atom. The Hall–Kier alpha value is -0.840. The van der Waals surface area contributed by atoms with Crippen LogP contribution < -0.4 is 0 Å². The summed E-state index contributed by atoms with van der Waals surface area (Å²) in [5.41, 5.74) is 0.645. The Kier molecular flexibility index (Phi) is 2.82. The van der Waals surface area contributed by atoms with Crippen molar-refractivity contribution in [3.05, 3.63) is 16.1 Å². The fourth-order valence-electron chi connectivity index (χ4n) is 2.03. The van der Waals surface area contributed by atoms with Gasteiger partial charge < -0.3 is 9.67 Å². The van der Waals surface area contributed by atoms with Crippen molar-refractivity contribution in [2.75, 3.05) is 0 Å². The maximum absolute atomic E-state index is 10.6. The van der Waals surface area contributed by atoms with E-state index in [4.69, 9.17) is 5.11 Å². The number of halogens is 1. The highest BCUT2D eigenvalue weighted by Gasteiger charge is 2.23. The van der Waals surface area contributed by atoms with E-state index < -0.39 is 5.97 Å². The molecule has 0 bridgehead atoms. The number of aromatic nitrogens is 2. The molecule has 1 aromatic heterocycles. The monoisotopic (exact) mass is 272 g/mol. The van der Waals surface area contributed by atoms with Crippen LogP contribution in [0.1, 0.15) is 37.2 Å². The van der Waals surface area contributed by atoms with Gasteiger partial charge in [-0.3, -0.25) is 4.79 Å². The molecule has 1 N–H and O–H groups in total. The van der Waals surface area contributed by atoms with Gasteiger partial charge in [0.2, 0.25) is 0 Å². The molecule has 4 nitrogen and oxygen atoms in total. The lowest BCUT2D eigenvalue weighted by Crippen LogP contribution is -2.13. The predicted octanol–water partition coefficient (Wildman–Crippen LogP) is 2.17. The van der Waals surface area contributed by atoms with Gasteiger partial charge in [-0.15, -0.1) is 0 Å². The molecule has 82 valence electrons. The zero-order valence-corrected chi connectivity index (χ0v) is 10.1. The molecule has 0 saturated heterocycles. The molecule has 1 aliphatic rings. The Balaban J connectivity index is 2.38. The molecule has 0 aliphatic carbocycles. The molecule has 0 amide bonds. The van der Waals surface area contributed by atoms with Gasteiger partial charge in [0.25, 0.3) is 0 Å². The third-order valence-electron chi connectivity index (χ3n) is 2.78. The lowest BCUT2D eigenvalue weighted by Gasteiger charge is -2.20. The molecule has 2 heterocycles. The molecule has 2 rings (SSSR count). The van der Waals surface area contributed by atoms with Gasteiger partial charge in [0, 0.05) is 12.5 Å². The average Bonchev–Trinajstić information content (AvgIpc) is 2.46. The summed E-state index contributed by atoms with van der Waals surface area (Å²) in [6.07, 6.45) is 2.26. The Labute approximate surface area is 96.4 Å². The van der Waals surface area contributed by atoms with Gasteiger partial charge in [0.15, 0.2) is 0 Å². The van der Waals surface area contributed by atoms with Gasteiger partial charge in [-0.2, -0.15) is 0 Å². The van der Waals surface area contributed by atoms with E-state index in [-0.39, 0.29) is 6.42 Å². The Bertz CT molecular complexity index is 400. The number of carboxylic acids is 1. The van der Waals surface area contributed by atoms with Crippen LogP contribution >= 0.6 is 15.9 Å². The van der Waals surface area contributed by atoms with E-state index in [2.05, 4.69) is 32.4 Å². The number of imidazole rings is 1. The minimum Gasteiger partial charge on any atom is -0.481 e. The van der Waals surface area contributed by atoms with Gasteiger partial charge in [0.1, 0.15) is 10.4 Å². The SMILES string of the molecule is CC1CCCn2c1nc(CC(=O)O)c2Br. The Morgan fingerprint density at radius 1 is 1.73 bits per heavy atom. The van der Waals surface area contributed by atoms with Gasteiger partial charge in [-0.25, -0.2) is 4.98 Å². The summed E-state index contributed by atoms with van der Waals surface area (Å²) in [6.45, 7) is 3.07. The van der Waals surface area contributed by atoms with Crippen molar-refractivity contribution in [3.63, 3.8) is 0 Å². The van der Waals surface area contributed by atoms with E-state index in [0.717, 1.165) is 29.8 Å². The topological polar surface area (TPSA) is 55.1 Å². The highest BCUT2D eigenvalue weighted by atomic mass is 79.9. The van der Waals surface area contributed by atoms with Crippen molar-refractivity contribution in [2.24, 2.45) is 0 Å². The number of hydrogen-bond acceptors (Lipinski definition) is 2. The van der Waals surface area contributed by atoms with E-state index in [0.29, 0.717) is 11.6 Å². The van der Waals surface area contributed by atoms with Crippen molar-refractivity contribution < 1.29 is 9.90 Å². The third kappa shape index (κ3) is 1.93. The molecule has 0 saturated carbocycles. The zero-order chi connectivity index (χ0) is 11.0. The van der Waals surface area contributed by atoms with Crippen molar-refractivity contribution in [2.45, 2.75) is 38.6 Å². The van der Waals surface area contributed by atoms with Gasteiger partial charge in [0.05, 0.1) is 12.1 Å². The molecule has 5 heteroatoms. The molecular formula is C10H13BrN2O2. The summed E-state index contributed by atoms with van der Waals surface area (Å²) in [5, 5.41) is 8.75. The second kappa shape index (κ2) is 3.96. The van der Waals surface area contributed by atoms with Crippen LogP contribution in [0.5, 0.6) is 0 Å². The predicted molar refractivity (Wildman–Crippen MR) is 58.9 cm³/mol. The number of carboxylic acid groups (broad SMARTS) is 1. The minimum absolute atomic E-state index is 0.00664. The summed E-state index contributed by atoms with van der Waals surface area (Å²) < 4.78 is 2.93. The number of fused-ring (bicyclic) bond motifs is 1. The first-order valence-corrected chi connectivity index (χ1v) is 5.85. The lowest BCUT2D eigenvalue weighted by atomic mass is 10.0. The van der Waals surface area contributed by atoms with Crippen LogP contribution in [0.4, 0.5) is 0 Å². The number of carbonyl (C=O) groups is 1.